The SMILES string of the molecule is COCC1CCN(c2cc(C(=O)NS(=O)(=O)C3CCN(C(=O)OCc4ccccc4)C3)nc3c2c(C2CCC2)nn3-c2ccccc2)CC1. The van der Waals surface area contributed by atoms with Gasteiger partial charge < -0.3 is 19.3 Å². The fourth-order valence-corrected chi connectivity index (χ4v) is 8.33. The Bertz CT molecular complexity index is 1910. The molecule has 3 aliphatic rings. The van der Waals surface area contributed by atoms with Crippen LogP contribution in [0.5, 0.6) is 0 Å². The molecule has 4 heterocycles. The molecule has 13 heteroatoms. The molecule has 2 aliphatic heterocycles. The van der Waals surface area contributed by atoms with Gasteiger partial charge in [-0.05, 0) is 61.8 Å². The number of benzene rings is 2. The number of fused-ring (bicyclic) bond motifs is 1. The van der Waals surface area contributed by atoms with Crippen LogP contribution in [0.1, 0.15) is 66.2 Å². The molecule has 49 heavy (non-hydrogen) atoms. The predicted molar refractivity (Wildman–Crippen MR) is 185 cm³/mol. The molecule has 1 atom stereocenters. The first-order valence-corrected chi connectivity index (χ1v) is 18.6. The number of methoxy groups -OCH3 is 1. The van der Waals surface area contributed by atoms with Crippen molar-refractivity contribution in [1.29, 1.82) is 0 Å². The number of likely N-dealkylation sites (tertiary alicyclic amines) is 1. The first kappa shape index (κ1) is 33.0. The Hall–Kier alpha value is -4.49. The monoisotopic (exact) mass is 686 g/mol. The highest BCUT2D eigenvalue weighted by atomic mass is 32.2. The maximum atomic E-state index is 13.8. The van der Waals surface area contributed by atoms with Crippen LogP contribution in [0.15, 0.2) is 66.7 Å². The molecule has 1 aliphatic carbocycles. The van der Waals surface area contributed by atoms with Gasteiger partial charge in [-0.15, -0.1) is 0 Å². The Kier molecular flexibility index (Phi) is 9.55. The summed E-state index contributed by atoms with van der Waals surface area (Å²) in [5.74, 6) is -0.0662. The van der Waals surface area contributed by atoms with Crippen LogP contribution in [0.2, 0.25) is 0 Å². The molecule has 2 amide bonds. The highest BCUT2D eigenvalue weighted by Gasteiger charge is 2.38. The number of hydrogen-bond acceptors (Lipinski definition) is 9. The number of hydrogen-bond donors (Lipinski definition) is 1. The number of nitrogens with zero attached hydrogens (tertiary/aromatic N) is 5. The normalized spacial score (nSPS) is 18.8. The van der Waals surface area contributed by atoms with Crippen molar-refractivity contribution in [3.63, 3.8) is 0 Å². The topological polar surface area (TPSA) is 136 Å². The molecule has 0 bridgehead atoms. The van der Waals surface area contributed by atoms with Gasteiger partial charge in [0, 0.05) is 45.8 Å². The van der Waals surface area contributed by atoms with Gasteiger partial charge in [-0.25, -0.2) is 27.6 Å². The van der Waals surface area contributed by atoms with E-state index in [9.17, 15) is 18.0 Å². The molecule has 2 saturated heterocycles. The lowest BCUT2D eigenvalue weighted by Gasteiger charge is -2.34. The van der Waals surface area contributed by atoms with Crippen LogP contribution in [0, 0.1) is 5.92 Å². The minimum atomic E-state index is -4.15. The van der Waals surface area contributed by atoms with Gasteiger partial charge in [0.1, 0.15) is 12.3 Å². The summed E-state index contributed by atoms with van der Waals surface area (Å²) in [7, 11) is -2.43. The maximum Gasteiger partial charge on any atom is 0.410 e. The van der Waals surface area contributed by atoms with Crippen LogP contribution in [0.3, 0.4) is 0 Å². The van der Waals surface area contributed by atoms with Gasteiger partial charge in [-0.2, -0.15) is 5.10 Å². The standard InChI is InChI=1S/C36H42N6O6S/c1-47-23-26-15-18-40(19-16-26)31-21-30(37-34-32(31)33(27-11-8-12-27)38-42(34)28-13-6-3-7-14-28)35(43)39-49(45,46)29-17-20-41(22-29)36(44)48-24-25-9-4-2-5-10-25/h2-7,9-10,13-14,21,26-27,29H,8,11-12,15-20,22-24H2,1H3,(H,39,43). The largest absolute Gasteiger partial charge is 0.445 e. The first-order valence-electron chi connectivity index (χ1n) is 17.0. The van der Waals surface area contributed by atoms with Crippen LogP contribution in [0.25, 0.3) is 16.7 Å². The minimum absolute atomic E-state index is 0.000505. The third kappa shape index (κ3) is 7.00. The van der Waals surface area contributed by atoms with Crippen molar-refractivity contribution < 1.29 is 27.5 Å². The molecule has 4 aromatic rings. The number of pyridine rings is 1. The Balaban J connectivity index is 1.16. The summed E-state index contributed by atoms with van der Waals surface area (Å²) in [6.45, 7) is 2.47. The maximum absolute atomic E-state index is 13.8. The van der Waals surface area contributed by atoms with Crippen molar-refractivity contribution in [2.75, 3.05) is 44.8 Å². The lowest BCUT2D eigenvalue weighted by molar-refractivity contribution is 0.0976. The number of para-hydroxylation sites is 1. The van der Waals surface area contributed by atoms with Gasteiger partial charge in [0.15, 0.2) is 5.65 Å². The van der Waals surface area contributed by atoms with Crippen molar-refractivity contribution in [1.82, 2.24) is 24.4 Å². The molecule has 1 saturated carbocycles. The van der Waals surface area contributed by atoms with Crippen LogP contribution in [-0.2, 0) is 26.1 Å². The van der Waals surface area contributed by atoms with Crippen LogP contribution < -0.4 is 9.62 Å². The third-order valence-corrected chi connectivity index (χ3v) is 11.7. The molecule has 0 spiro atoms. The number of carbonyl (C=O) groups is 2. The molecule has 2 aromatic heterocycles. The van der Waals surface area contributed by atoms with Crippen molar-refractivity contribution in [2.45, 2.75) is 56.3 Å². The highest BCUT2D eigenvalue weighted by molar-refractivity contribution is 7.90. The van der Waals surface area contributed by atoms with Gasteiger partial charge >= 0.3 is 6.09 Å². The Morgan fingerprint density at radius 1 is 0.939 bits per heavy atom. The number of aromatic nitrogens is 3. The number of sulfonamides is 1. The molecule has 1 N–H and O–H groups in total. The molecule has 7 rings (SSSR count). The Labute approximate surface area is 286 Å². The second-order valence-electron chi connectivity index (χ2n) is 13.2. The van der Waals surface area contributed by atoms with Crippen molar-refractivity contribution in [2.24, 2.45) is 5.92 Å². The van der Waals surface area contributed by atoms with E-state index < -0.39 is 27.3 Å². The number of carbonyl (C=O) groups excluding carboxylic acids is 2. The average molecular weight is 687 g/mol. The van der Waals surface area contributed by atoms with Gasteiger partial charge in [0.25, 0.3) is 5.91 Å². The molecule has 12 nitrogen and oxygen atoms in total. The fourth-order valence-electron chi connectivity index (χ4n) is 7.00. The molecule has 2 aromatic carbocycles. The number of ether oxygens (including phenoxy) is 2. The van der Waals surface area contributed by atoms with Crippen LogP contribution in [-0.4, -0.2) is 85.2 Å². The Morgan fingerprint density at radius 3 is 2.33 bits per heavy atom. The summed E-state index contributed by atoms with van der Waals surface area (Å²) in [6, 6.07) is 20.7. The van der Waals surface area contributed by atoms with E-state index in [1.54, 1.807) is 17.9 Å². The summed E-state index contributed by atoms with van der Waals surface area (Å²) >= 11 is 0. The van der Waals surface area contributed by atoms with Crippen molar-refractivity contribution in [3.05, 3.63) is 83.7 Å². The fraction of sp³-hybridized carbons (Fsp3) is 0.444. The number of nitrogens with one attached hydrogen (secondary N) is 1. The van der Waals surface area contributed by atoms with Gasteiger partial charge in [-0.3, -0.25) is 4.79 Å². The number of rotatable bonds is 10. The smallest absolute Gasteiger partial charge is 0.410 e. The summed E-state index contributed by atoms with van der Waals surface area (Å²) in [5.41, 5.74) is 3.99. The van der Waals surface area contributed by atoms with Crippen LogP contribution in [0.4, 0.5) is 10.5 Å². The van der Waals surface area contributed by atoms with Gasteiger partial charge in [-0.1, -0.05) is 55.0 Å². The Morgan fingerprint density at radius 2 is 1.65 bits per heavy atom. The van der Waals surface area contributed by atoms with Gasteiger partial charge in [0.2, 0.25) is 10.0 Å². The zero-order chi connectivity index (χ0) is 34.0. The number of amides is 2. The molecule has 258 valence electrons. The minimum Gasteiger partial charge on any atom is -0.445 e. The van der Waals surface area contributed by atoms with Crippen molar-refractivity contribution >= 4 is 38.7 Å². The average Bonchev–Trinajstić information content (AvgIpc) is 3.74. The van der Waals surface area contributed by atoms with E-state index in [-0.39, 0.29) is 31.8 Å². The van der Waals surface area contributed by atoms with E-state index in [0.717, 1.165) is 73.2 Å². The molecular weight excluding hydrogens is 644 g/mol. The molecule has 1 unspecified atom stereocenters. The van der Waals surface area contributed by atoms with E-state index in [1.807, 2.05) is 60.7 Å². The summed E-state index contributed by atoms with van der Waals surface area (Å²) in [5, 5.41) is 5.03. The second-order valence-corrected chi connectivity index (χ2v) is 15.2. The summed E-state index contributed by atoms with van der Waals surface area (Å²) in [4.78, 5) is 35.0. The molecule has 3 fully saturated rings. The quantitative estimate of drug-likeness (QED) is 0.244. The number of piperidine rings is 1. The zero-order valence-corrected chi connectivity index (χ0v) is 28.5. The highest BCUT2D eigenvalue weighted by Crippen LogP contribution is 2.43. The number of anilines is 1. The zero-order valence-electron chi connectivity index (χ0n) is 27.7. The first-order chi connectivity index (χ1) is 23.8. The van der Waals surface area contributed by atoms with E-state index in [0.29, 0.717) is 24.1 Å². The predicted octanol–water partition coefficient (Wildman–Crippen LogP) is 5.02. The molecule has 0 radical (unpaired) electrons. The van der Waals surface area contributed by atoms with Gasteiger partial charge in [0.05, 0.1) is 27.7 Å². The van der Waals surface area contributed by atoms with E-state index >= 15 is 0 Å². The lowest BCUT2D eigenvalue weighted by atomic mass is 9.82. The second kappa shape index (κ2) is 14.2. The molecular formula is C36H42N6O6S. The van der Waals surface area contributed by atoms with Crippen molar-refractivity contribution in [3.8, 4) is 5.69 Å². The van der Waals surface area contributed by atoms with E-state index in [1.165, 1.54) is 4.90 Å². The van der Waals surface area contributed by atoms with E-state index in [2.05, 4.69) is 9.62 Å². The summed E-state index contributed by atoms with van der Waals surface area (Å²) in [6.07, 6.45) is 4.68. The summed E-state index contributed by atoms with van der Waals surface area (Å²) < 4.78 is 42.0. The van der Waals surface area contributed by atoms with E-state index in [4.69, 9.17) is 19.6 Å². The third-order valence-electron chi connectivity index (χ3n) is 10.0. The lowest BCUT2D eigenvalue weighted by Crippen LogP contribution is -2.41. The van der Waals surface area contributed by atoms with Crippen LogP contribution >= 0.6 is 0 Å².